The Bertz CT molecular complexity index is 1110. The zero-order valence-electron chi connectivity index (χ0n) is 18.8. The summed E-state index contributed by atoms with van der Waals surface area (Å²) in [6.07, 6.45) is 3.25. The van der Waals surface area contributed by atoms with Gasteiger partial charge in [-0.3, -0.25) is 0 Å². The van der Waals surface area contributed by atoms with Crippen molar-refractivity contribution in [3.05, 3.63) is 82.4 Å². The molecule has 5 heteroatoms. The summed E-state index contributed by atoms with van der Waals surface area (Å²) in [5.74, 6) is -0.238. The fraction of sp³-hybridized carbons (Fsp3) is 0.429. The number of hydrogen-bond donors (Lipinski definition) is 0. The van der Waals surface area contributed by atoms with Crippen LogP contribution in [0, 0.1) is 17.6 Å². The third-order valence-electron chi connectivity index (χ3n) is 7.10. The number of fused-ring (bicyclic) bond motifs is 1. The number of rotatable bonds is 6. The van der Waals surface area contributed by atoms with Crippen molar-refractivity contribution < 1.29 is 22.0 Å². The molecule has 0 amide bonds. The summed E-state index contributed by atoms with van der Waals surface area (Å²) in [6, 6.07) is 12.5. The van der Waals surface area contributed by atoms with E-state index in [1.807, 2.05) is 18.2 Å². The number of hydrogen-bond acceptors (Lipinski definition) is 0. The molecule has 1 fully saturated rings. The van der Waals surface area contributed by atoms with Crippen LogP contribution < -0.4 is 0 Å². The largest absolute Gasteiger partial charge is 0.419 e. The Morgan fingerprint density at radius 1 is 0.848 bits per heavy atom. The van der Waals surface area contributed by atoms with Gasteiger partial charge in [-0.15, -0.1) is 0 Å². The number of alkyl halides is 3. The van der Waals surface area contributed by atoms with E-state index in [4.69, 9.17) is 0 Å². The lowest BCUT2D eigenvalue weighted by molar-refractivity contribution is -0.140. The van der Waals surface area contributed by atoms with Gasteiger partial charge in [0, 0.05) is 5.39 Å². The third kappa shape index (κ3) is 5.39. The fourth-order valence-electron chi connectivity index (χ4n) is 5.22. The zero-order chi connectivity index (χ0) is 23.6. The molecule has 0 N–H and O–H groups in total. The normalized spacial score (nSPS) is 19.2. The summed E-state index contributed by atoms with van der Waals surface area (Å²) in [7, 11) is 0. The van der Waals surface area contributed by atoms with Crippen LogP contribution in [-0.2, 0) is 19.0 Å². The molecule has 1 aliphatic rings. The fourth-order valence-corrected chi connectivity index (χ4v) is 5.22. The quantitative estimate of drug-likeness (QED) is 0.322. The Morgan fingerprint density at radius 2 is 1.61 bits per heavy atom. The van der Waals surface area contributed by atoms with Gasteiger partial charge < -0.3 is 0 Å². The van der Waals surface area contributed by atoms with E-state index in [0.29, 0.717) is 22.4 Å². The topological polar surface area (TPSA) is 0 Å². The van der Waals surface area contributed by atoms with E-state index in [1.54, 1.807) is 6.07 Å². The lowest BCUT2D eigenvalue weighted by atomic mass is 9.77. The van der Waals surface area contributed by atoms with E-state index in [9.17, 15) is 17.6 Å². The van der Waals surface area contributed by atoms with Crippen LogP contribution in [0.2, 0.25) is 0 Å². The molecule has 0 unspecified atom stereocenters. The average Bonchev–Trinajstić information content (AvgIpc) is 2.78. The maximum absolute atomic E-state index is 15.2. The summed E-state index contributed by atoms with van der Waals surface area (Å²) < 4.78 is 67.2. The van der Waals surface area contributed by atoms with Gasteiger partial charge in [-0.1, -0.05) is 56.2 Å². The predicted molar refractivity (Wildman–Crippen MR) is 122 cm³/mol. The Morgan fingerprint density at radius 3 is 2.27 bits per heavy atom. The maximum Gasteiger partial charge on any atom is 0.419 e. The van der Waals surface area contributed by atoms with Crippen molar-refractivity contribution in [3.63, 3.8) is 0 Å². The summed E-state index contributed by atoms with van der Waals surface area (Å²) in [6.45, 7) is 2.24. The number of benzene rings is 3. The molecule has 1 saturated carbocycles. The van der Waals surface area contributed by atoms with Gasteiger partial charge in [-0.2, -0.15) is 13.2 Å². The first-order chi connectivity index (χ1) is 15.8. The predicted octanol–water partition coefficient (Wildman–Crippen LogP) is 9.00. The maximum atomic E-state index is 15.2. The van der Waals surface area contributed by atoms with E-state index in [0.717, 1.165) is 23.4 Å². The molecule has 1 aliphatic carbocycles. The molecular weight excluding hydrogens is 431 g/mol. The minimum absolute atomic E-state index is 0.260. The van der Waals surface area contributed by atoms with Crippen LogP contribution in [0.15, 0.2) is 48.5 Å². The standard InChI is InChI=1S/C28H29F5/c1-2-3-18-4-8-20(9-5-18)22-13-14-24-23(17-22)12-11-21(27(24)30)10-6-19-7-15-25(26(29)16-19)28(31,32)33/h7,11-18,20H,2-6,8-10H2,1H3. The lowest BCUT2D eigenvalue weighted by Gasteiger charge is -2.28. The minimum Gasteiger partial charge on any atom is -0.206 e. The monoisotopic (exact) mass is 460 g/mol. The SMILES string of the molecule is CCCC1CCC(c2ccc3c(F)c(CCc4ccc(C(F)(F)F)c(F)c4)ccc3c2)CC1. The van der Waals surface area contributed by atoms with Crippen molar-refractivity contribution in [1.82, 2.24) is 0 Å². The molecule has 0 bridgehead atoms. The van der Waals surface area contributed by atoms with Crippen molar-refractivity contribution in [2.75, 3.05) is 0 Å². The van der Waals surface area contributed by atoms with Crippen molar-refractivity contribution in [3.8, 4) is 0 Å². The van der Waals surface area contributed by atoms with Gasteiger partial charge in [0.2, 0.25) is 0 Å². The molecule has 0 heterocycles. The molecule has 3 aromatic rings. The summed E-state index contributed by atoms with van der Waals surface area (Å²) in [5, 5.41) is 1.42. The first-order valence-corrected chi connectivity index (χ1v) is 11.8. The number of halogens is 5. The van der Waals surface area contributed by atoms with Gasteiger partial charge in [-0.05, 0) is 84.6 Å². The van der Waals surface area contributed by atoms with Crippen molar-refractivity contribution in [2.24, 2.45) is 5.92 Å². The molecule has 0 aliphatic heterocycles. The van der Waals surface area contributed by atoms with E-state index in [-0.39, 0.29) is 18.7 Å². The van der Waals surface area contributed by atoms with Gasteiger partial charge in [0.15, 0.2) is 0 Å². The molecular formula is C28H29F5. The Balaban J connectivity index is 1.46. The Labute approximate surface area is 191 Å². The van der Waals surface area contributed by atoms with Crippen LogP contribution in [0.4, 0.5) is 22.0 Å². The molecule has 176 valence electrons. The summed E-state index contributed by atoms with van der Waals surface area (Å²) in [5.41, 5.74) is 0.882. The highest BCUT2D eigenvalue weighted by Gasteiger charge is 2.33. The van der Waals surface area contributed by atoms with Crippen LogP contribution in [0.5, 0.6) is 0 Å². The second-order valence-electron chi connectivity index (χ2n) is 9.34. The van der Waals surface area contributed by atoms with E-state index in [1.165, 1.54) is 50.2 Å². The Hall–Kier alpha value is -2.43. The smallest absolute Gasteiger partial charge is 0.206 e. The second kappa shape index (κ2) is 9.82. The van der Waals surface area contributed by atoms with E-state index >= 15 is 4.39 Å². The van der Waals surface area contributed by atoms with Crippen LogP contribution >= 0.6 is 0 Å². The van der Waals surface area contributed by atoms with Crippen LogP contribution in [0.25, 0.3) is 10.8 Å². The summed E-state index contributed by atoms with van der Waals surface area (Å²) in [4.78, 5) is 0. The molecule has 0 radical (unpaired) electrons. The van der Waals surface area contributed by atoms with Gasteiger partial charge >= 0.3 is 6.18 Å². The molecule has 0 saturated heterocycles. The minimum atomic E-state index is -4.72. The van der Waals surface area contributed by atoms with Crippen LogP contribution in [-0.4, -0.2) is 0 Å². The molecule has 0 spiro atoms. The lowest BCUT2D eigenvalue weighted by Crippen LogP contribution is -2.13. The molecule has 33 heavy (non-hydrogen) atoms. The molecule has 0 aromatic heterocycles. The first-order valence-electron chi connectivity index (χ1n) is 11.8. The Kier molecular flexibility index (Phi) is 7.06. The highest BCUT2D eigenvalue weighted by atomic mass is 19.4. The van der Waals surface area contributed by atoms with Crippen LogP contribution in [0.1, 0.15) is 73.6 Å². The molecule has 3 aromatic carbocycles. The van der Waals surface area contributed by atoms with Gasteiger partial charge in [0.1, 0.15) is 11.6 Å². The molecule has 0 nitrogen and oxygen atoms in total. The highest BCUT2D eigenvalue weighted by molar-refractivity contribution is 5.84. The average molecular weight is 461 g/mol. The second-order valence-corrected chi connectivity index (χ2v) is 9.34. The van der Waals surface area contributed by atoms with Crippen molar-refractivity contribution >= 4 is 10.8 Å². The van der Waals surface area contributed by atoms with Gasteiger partial charge in [-0.25, -0.2) is 8.78 Å². The number of aryl methyl sites for hydroxylation is 2. The highest BCUT2D eigenvalue weighted by Crippen LogP contribution is 2.38. The first kappa shape index (κ1) is 23.7. The van der Waals surface area contributed by atoms with Crippen molar-refractivity contribution in [2.45, 2.75) is 70.4 Å². The molecule has 0 atom stereocenters. The van der Waals surface area contributed by atoms with E-state index < -0.39 is 17.6 Å². The zero-order valence-corrected chi connectivity index (χ0v) is 18.8. The van der Waals surface area contributed by atoms with Gasteiger partial charge in [0.25, 0.3) is 0 Å². The van der Waals surface area contributed by atoms with Crippen molar-refractivity contribution in [1.29, 1.82) is 0 Å². The van der Waals surface area contributed by atoms with E-state index in [2.05, 4.69) is 13.0 Å². The third-order valence-corrected chi connectivity index (χ3v) is 7.10. The van der Waals surface area contributed by atoms with Crippen LogP contribution in [0.3, 0.4) is 0 Å². The van der Waals surface area contributed by atoms with Gasteiger partial charge in [0.05, 0.1) is 5.56 Å². The molecule has 4 rings (SSSR count). The summed E-state index contributed by atoms with van der Waals surface area (Å²) >= 11 is 0.